The van der Waals surface area contributed by atoms with Gasteiger partial charge >= 0.3 is 0 Å². The maximum Gasteiger partial charge on any atom is 0.275 e. The summed E-state index contributed by atoms with van der Waals surface area (Å²) in [5.74, 6) is 0. The number of nitrogens with zero attached hydrogens (tertiary/aromatic N) is 2. The minimum atomic E-state index is 0.0237. The first kappa shape index (κ1) is 12.2. The second kappa shape index (κ2) is 5.03. The molecule has 5 nitrogen and oxygen atoms in total. The molecule has 2 aromatic rings. The van der Waals surface area contributed by atoms with Crippen molar-refractivity contribution in [1.82, 2.24) is 14.7 Å². The van der Waals surface area contributed by atoms with Gasteiger partial charge in [-0.3, -0.25) is 14.8 Å². The van der Waals surface area contributed by atoms with Gasteiger partial charge < -0.3 is 4.74 Å². The normalized spacial score (nSPS) is 16.1. The Hall–Kier alpha value is -1.85. The Balaban J connectivity index is 1.94. The van der Waals surface area contributed by atoms with E-state index >= 15 is 0 Å². The summed E-state index contributed by atoms with van der Waals surface area (Å²) in [4.78, 5) is 14.6. The van der Waals surface area contributed by atoms with Gasteiger partial charge in [0.25, 0.3) is 5.56 Å². The lowest BCUT2D eigenvalue weighted by Gasteiger charge is -2.10. The lowest BCUT2D eigenvalue weighted by molar-refractivity contribution is 0.137. The van der Waals surface area contributed by atoms with Crippen molar-refractivity contribution in [1.29, 1.82) is 0 Å². The third kappa shape index (κ3) is 2.34. The number of rotatable bonds is 3. The first-order chi connectivity index (χ1) is 9.25. The fourth-order valence-corrected chi connectivity index (χ4v) is 2.33. The molecule has 1 aromatic heterocycles. The Morgan fingerprint density at radius 1 is 1.32 bits per heavy atom. The summed E-state index contributed by atoms with van der Waals surface area (Å²) in [6.45, 7) is 4.81. The second-order valence-corrected chi connectivity index (χ2v) is 4.78. The maximum atomic E-state index is 12.4. The van der Waals surface area contributed by atoms with Crippen molar-refractivity contribution in [3.05, 3.63) is 51.9 Å². The predicted molar refractivity (Wildman–Crippen MR) is 72.4 cm³/mol. The Bertz CT molecular complexity index is 609. The molecule has 1 saturated heterocycles. The molecule has 100 valence electrons. The number of aromatic amines is 1. The first-order valence-electron chi connectivity index (χ1n) is 6.42. The summed E-state index contributed by atoms with van der Waals surface area (Å²) < 4.78 is 6.91. The van der Waals surface area contributed by atoms with E-state index in [-0.39, 0.29) is 5.56 Å². The van der Waals surface area contributed by atoms with Crippen LogP contribution in [0.25, 0.3) is 5.69 Å². The van der Waals surface area contributed by atoms with Gasteiger partial charge in [-0.1, -0.05) is 18.2 Å². The van der Waals surface area contributed by atoms with E-state index in [2.05, 4.69) is 10.00 Å². The average molecular weight is 259 g/mol. The van der Waals surface area contributed by atoms with Gasteiger partial charge in [0.05, 0.1) is 24.6 Å². The van der Waals surface area contributed by atoms with Crippen LogP contribution in [-0.2, 0) is 11.3 Å². The molecule has 0 atom stereocenters. The molecule has 5 heteroatoms. The lowest BCUT2D eigenvalue weighted by Crippen LogP contribution is -2.25. The molecule has 1 N–H and O–H groups in total. The summed E-state index contributed by atoms with van der Waals surface area (Å²) in [6, 6.07) is 9.62. The van der Waals surface area contributed by atoms with Gasteiger partial charge in [0, 0.05) is 18.8 Å². The van der Waals surface area contributed by atoms with Crippen LogP contribution in [0.4, 0.5) is 0 Å². The van der Waals surface area contributed by atoms with Crippen molar-refractivity contribution in [3.63, 3.8) is 0 Å². The van der Waals surface area contributed by atoms with Crippen molar-refractivity contribution in [2.45, 2.75) is 13.5 Å². The SMILES string of the molecule is Cc1[nH]n(-c2ccccc2)c(=O)c1CN1CCOC1. The van der Waals surface area contributed by atoms with Crippen molar-refractivity contribution in [2.75, 3.05) is 19.9 Å². The predicted octanol–water partition coefficient (Wildman–Crippen LogP) is 1.26. The standard InChI is InChI=1S/C14H17N3O2/c1-11-13(9-16-7-8-19-10-16)14(18)17(15-11)12-5-3-2-4-6-12/h2-6,15H,7-10H2,1H3. The maximum absolute atomic E-state index is 12.4. The Morgan fingerprint density at radius 2 is 2.11 bits per heavy atom. The molecule has 19 heavy (non-hydrogen) atoms. The van der Waals surface area contributed by atoms with Crippen LogP contribution in [0.2, 0.25) is 0 Å². The molecule has 0 amide bonds. The summed E-state index contributed by atoms with van der Waals surface area (Å²) in [6.07, 6.45) is 0. The average Bonchev–Trinajstić information content (AvgIpc) is 3.03. The van der Waals surface area contributed by atoms with E-state index in [0.29, 0.717) is 13.3 Å². The highest BCUT2D eigenvalue weighted by atomic mass is 16.5. The summed E-state index contributed by atoms with van der Waals surface area (Å²) >= 11 is 0. The van der Waals surface area contributed by atoms with Gasteiger partial charge in [-0.15, -0.1) is 0 Å². The second-order valence-electron chi connectivity index (χ2n) is 4.78. The molecule has 0 bridgehead atoms. The van der Waals surface area contributed by atoms with Gasteiger partial charge in [0.1, 0.15) is 0 Å². The number of ether oxygens (including phenoxy) is 1. The molecular weight excluding hydrogens is 242 g/mol. The number of nitrogens with one attached hydrogen (secondary N) is 1. The fourth-order valence-electron chi connectivity index (χ4n) is 2.33. The molecular formula is C14H17N3O2. The topological polar surface area (TPSA) is 50.3 Å². The largest absolute Gasteiger partial charge is 0.365 e. The van der Waals surface area contributed by atoms with Crippen LogP contribution in [-0.4, -0.2) is 34.6 Å². The highest BCUT2D eigenvalue weighted by Gasteiger charge is 2.18. The van der Waals surface area contributed by atoms with E-state index in [1.165, 1.54) is 0 Å². The Kier molecular flexibility index (Phi) is 3.23. The summed E-state index contributed by atoms with van der Waals surface area (Å²) in [7, 11) is 0. The van der Waals surface area contributed by atoms with Gasteiger partial charge in [-0.25, -0.2) is 4.68 Å². The molecule has 1 aromatic carbocycles. The fraction of sp³-hybridized carbons (Fsp3) is 0.357. The lowest BCUT2D eigenvalue weighted by atomic mass is 10.2. The number of para-hydroxylation sites is 1. The zero-order valence-corrected chi connectivity index (χ0v) is 10.9. The van der Waals surface area contributed by atoms with E-state index in [4.69, 9.17) is 4.74 Å². The molecule has 0 radical (unpaired) electrons. The van der Waals surface area contributed by atoms with Crippen LogP contribution in [0.3, 0.4) is 0 Å². The Labute approximate surface area is 111 Å². The van der Waals surface area contributed by atoms with Crippen LogP contribution in [0, 0.1) is 6.92 Å². The van der Waals surface area contributed by atoms with E-state index in [9.17, 15) is 4.79 Å². The Morgan fingerprint density at radius 3 is 2.79 bits per heavy atom. The highest BCUT2D eigenvalue weighted by molar-refractivity contribution is 5.32. The quantitative estimate of drug-likeness (QED) is 0.903. The number of H-pyrrole nitrogens is 1. The van der Waals surface area contributed by atoms with Crippen LogP contribution < -0.4 is 5.56 Å². The number of aromatic nitrogens is 2. The molecule has 0 aliphatic carbocycles. The number of hydrogen-bond donors (Lipinski definition) is 1. The molecule has 0 saturated carbocycles. The van der Waals surface area contributed by atoms with Crippen LogP contribution in [0.1, 0.15) is 11.3 Å². The number of hydrogen-bond acceptors (Lipinski definition) is 3. The van der Waals surface area contributed by atoms with Crippen LogP contribution in [0.15, 0.2) is 35.1 Å². The van der Waals surface area contributed by atoms with Crippen molar-refractivity contribution >= 4 is 0 Å². The third-order valence-corrected chi connectivity index (χ3v) is 3.42. The molecule has 3 rings (SSSR count). The molecule has 2 heterocycles. The van der Waals surface area contributed by atoms with Crippen LogP contribution >= 0.6 is 0 Å². The molecule has 1 fully saturated rings. The highest BCUT2D eigenvalue weighted by Crippen LogP contribution is 2.10. The monoisotopic (exact) mass is 259 g/mol. The molecule has 1 aliphatic heterocycles. The smallest absolute Gasteiger partial charge is 0.275 e. The van der Waals surface area contributed by atoms with Crippen molar-refractivity contribution in [3.8, 4) is 5.69 Å². The summed E-state index contributed by atoms with van der Waals surface area (Å²) in [5.41, 5.74) is 2.62. The minimum Gasteiger partial charge on any atom is -0.365 e. The van der Waals surface area contributed by atoms with Crippen LogP contribution in [0.5, 0.6) is 0 Å². The van der Waals surface area contributed by atoms with Gasteiger partial charge in [-0.2, -0.15) is 0 Å². The third-order valence-electron chi connectivity index (χ3n) is 3.42. The molecule has 1 aliphatic rings. The van der Waals surface area contributed by atoms with E-state index in [1.807, 2.05) is 37.3 Å². The molecule has 0 unspecified atom stereocenters. The zero-order valence-electron chi connectivity index (χ0n) is 10.9. The number of aryl methyl sites for hydroxylation is 1. The van der Waals surface area contributed by atoms with Gasteiger partial charge in [0.15, 0.2) is 0 Å². The summed E-state index contributed by atoms with van der Waals surface area (Å²) in [5, 5.41) is 3.14. The van der Waals surface area contributed by atoms with Gasteiger partial charge in [-0.05, 0) is 19.1 Å². The van der Waals surface area contributed by atoms with Crippen molar-refractivity contribution < 1.29 is 4.74 Å². The first-order valence-corrected chi connectivity index (χ1v) is 6.42. The van der Waals surface area contributed by atoms with Crippen molar-refractivity contribution in [2.24, 2.45) is 0 Å². The minimum absolute atomic E-state index is 0.0237. The zero-order chi connectivity index (χ0) is 13.2. The van der Waals surface area contributed by atoms with E-state index in [0.717, 1.165) is 30.1 Å². The van der Waals surface area contributed by atoms with Gasteiger partial charge in [0.2, 0.25) is 0 Å². The molecule has 0 spiro atoms. The number of benzene rings is 1. The van der Waals surface area contributed by atoms with E-state index in [1.54, 1.807) is 4.68 Å². The van der Waals surface area contributed by atoms with E-state index < -0.39 is 0 Å².